The summed E-state index contributed by atoms with van der Waals surface area (Å²) < 4.78 is 62.5. The van der Waals surface area contributed by atoms with E-state index in [0.29, 0.717) is 12.1 Å². The van der Waals surface area contributed by atoms with E-state index >= 15 is 0 Å². The van der Waals surface area contributed by atoms with Crippen LogP contribution in [-0.2, 0) is 4.79 Å². The first-order chi connectivity index (χ1) is 8.66. The highest BCUT2D eigenvalue weighted by Gasteiger charge is 2.39. The minimum absolute atomic E-state index is 0.348. The van der Waals surface area contributed by atoms with Gasteiger partial charge in [0.2, 0.25) is 5.78 Å². The Labute approximate surface area is 109 Å². The van der Waals surface area contributed by atoms with Crippen molar-refractivity contribution in [3.8, 4) is 0 Å². The molecule has 0 fully saturated rings. The van der Waals surface area contributed by atoms with Gasteiger partial charge in [0.25, 0.3) is 0 Å². The van der Waals surface area contributed by atoms with Gasteiger partial charge in [-0.1, -0.05) is 0 Å². The summed E-state index contributed by atoms with van der Waals surface area (Å²) in [6.45, 7) is 0. The molecule has 0 atom stereocenters. The van der Waals surface area contributed by atoms with Crippen molar-refractivity contribution in [2.75, 3.05) is 6.26 Å². The molecule has 0 unspecified atom stereocenters. The van der Waals surface area contributed by atoms with Crippen molar-refractivity contribution in [3.05, 3.63) is 29.3 Å². The minimum atomic E-state index is -5.15. The first-order valence-electron chi connectivity index (χ1n) is 4.83. The van der Waals surface area contributed by atoms with Crippen LogP contribution in [0.5, 0.6) is 0 Å². The van der Waals surface area contributed by atoms with Gasteiger partial charge in [0.1, 0.15) is 11.6 Å². The lowest BCUT2D eigenvalue weighted by atomic mass is 10.1. The van der Waals surface area contributed by atoms with Gasteiger partial charge in [-0.05, 0) is 18.4 Å². The Kier molecular flexibility index (Phi) is 4.67. The van der Waals surface area contributed by atoms with E-state index in [-0.39, 0.29) is 4.90 Å². The predicted octanol–water partition coefficient (Wildman–Crippen LogP) is 3.39. The van der Waals surface area contributed by atoms with Crippen molar-refractivity contribution in [3.63, 3.8) is 0 Å². The van der Waals surface area contributed by atoms with E-state index in [1.165, 1.54) is 6.26 Å². The van der Waals surface area contributed by atoms with Crippen LogP contribution < -0.4 is 0 Å². The Morgan fingerprint density at radius 3 is 2.00 bits per heavy atom. The standard InChI is InChI=1S/C11H7F5O2S/c1-19-10-6(12)2-5(3-7(10)13)8(17)4-9(18)11(14,15)16/h2-3H,4H2,1H3. The lowest BCUT2D eigenvalue weighted by Crippen LogP contribution is -2.25. The van der Waals surface area contributed by atoms with Crippen molar-refractivity contribution in [1.29, 1.82) is 0 Å². The molecular formula is C11H7F5O2S. The number of halogens is 5. The number of carbonyl (C=O) groups excluding carboxylic acids is 2. The van der Waals surface area contributed by atoms with Crippen LogP contribution in [0.1, 0.15) is 16.8 Å². The molecule has 0 aliphatic heterocycles. The van der Waals surface area contributed by atoms with E-state index < -0.39 is 41.4 Å². The van der Waals surface area contributed by atoms with E-state index in [0.717, 1.165) is 11.8 Å². The van der Waals surface area contributed by atoms with Gasteiger partial charge >= 0.3 is 6.18 Å². The topological polar surface area (TPSA) is 34.1 Å². The van der Waals surface area contributed by atoms with Gasteiger partial charge < -0.3 is 0 Å². The van der Waals surface area contributed by atoms with Gasteiger partial charge in [0.05, 0.1) is 11.3 Å². The van der Waals surface area contributed by atoms with E-state index in [2.05, 4.69) is 0 Å². The summed E-state index contributed by atoms with van der Waals surface area (Å²) in [5.41, 5.74) is -0.606. The SMILES string of the molecule is CSc1c(F)cc(C(=O)CC(=O)C(F)(F)F)cc1F. The quantitative estimate of drug-likeness (QED) is 0.370. The summed E-state index contributed by atoms with van der Waals surface area (Å²) in [7, 11) is 0. The summed E-state index contributed by atoms with van der Waals surface area (Å²) in [5.74, 6) is -5.66. The van der Waals surface area contributed by atoms with Crippen molar-refractivity contribution in [2.45, 2.75) is 17.5 Å². The van der Waals surface area contributed by atoms with Crippen molar-refractivity contribution >= 4 is 23.3 Å². The average Bonchev–Trinajstić information content (AvgIpc) is 2.27. The number of alkyl halides is 3. The fraction of sp³-hybridized carbons (Fsp3) is 0.273. The number of rotatable bonds is 4. The molecule has 0 heterocycles. The molecule has 1 aromatic rings. The lowest BCUT2D eigenvalue weighted by Gasteiger charge is -2.06. The van der Waals surface area contributed by atoms with E-state index in [1.807, 2.05) is 0 Å². The van der Waals surface area contributed by atoms with Crippen LogP contribution in [0.2, 0.25) is 0 Å². The molecule has 0 aliphatic carbocycles. The Hall–Kier alpha value is -1.44. The molecule has 0 aliphatic rings. The van der Waals surface area contributed by atoms with Crippen LogP contribution in [0.15, 0.2) is 17.0 Å². The van der Waals surface area contributed by atoms with E-state index in [4.69, 9.17) is 0 Å². The monoisotopic (exact) mass is 298 g/mol. The minimum Gasteiger partial charge on any atom is -0.294 e. The summed E-state index contributed by atoms with van der Waals surface area (Å²) >= 11 is 0.752. The van der Waals surface area contributed by atoms with Gasteiger partial charge in [-0.3, -0.25) is 9.59 Å². The molecule has 0 saturated heterocycles. The maximum absolute atomic E-state index is 13.3. The number of hydrogen-bond donors (Lipinski definition) is 0. The highest BCUT2D eigenvalue weighted by Crippen LogP contribution is 2.25. The molecule has 0 spiro atoms. The highest BCUT2D eigenvalue weighted by atomic mass is 32.2. The van der Waals surface area contributed by atoms with Gasteiger partial charge in [-0.2, -0.15) is 13.2 Å². The third kappa shape index (κ3) is 3.76. The van der Waals surface area contributed by atoms with Crippen LogP contribution in [0.25, 0.3) is 0 Å². The summed E-state index contributed by atoms with van der Waals surface area (Å²) in [6, 6.07) is 1.22. The van der Waals surface area contributed by atoms with Gasteiger partial charge in [-0.25, -0.2) is 8.78 Å². The normalized spacial score (nSPS) is 11.5. The number of Topliss-reactive ketones (excluding diaryl/α,β-unsaturated/α-hetero) is 2. The predicted molar refractivity (Wildman–Crippen MR) is 58.1 cm³/mol. The third-order valence-corrected chi connectivity index (χ3v) is 2.96. The van der Waals surface area contributed by atoms with Crippen LogP contribution in [-0.4, -0.2) is 24.0 Å². The van der Waals surface area contributed by atoms with Crippen LogP contribution >= 0.6 is 11.8 Å². The van der Waals surface area contributed by atoms with E-state index in [1.54, 1.807) is 0 Å². The molecule has 8 heteroatoms. The summed E-state index contributed by atoms with van der Waals surface area (Å²) in [5, 5.41) is 0. The molecule has 19 heavy (non-hydrogen) atoms. The lowest BCUT2D eigenvalue weighted by molar-refractivity contribution is -0.170. The second-order valence-electron chi connectivity index (χ2n) is 3.49. The Morgan fingerprint density at radius 2 is 1.63 bits per heavy atom. The Bertz CT molecular complexity index is 501. The molecule has 1 rings (SSSR count). The largest absolute Gasteiger partial charge is 0.450 e. The van der Waals surface area contributed by atoms with Crippen molar-refractivity contribution < 1.29 is 31.5 Å². The summed E-state index contributed by atoms with van der Waals surface area (Å²) in [6.07, 6.45) is -5.22. The van der Waals surface area contributed by atoms with Crippen LogP contribution in [0.3, 0.4) is 0 Å². The summed E-state index contributed by atoms with van der Waals surface area (Å²) in [4.78, 5) is 21.6. The number of thioether (sulfide) groups is 1. The number of ketones is 2. The first kappa shape index (κ1) is 15.6. The number of carbonyl (C=O) groups is 2. The fourth-order valence-electron chi connectivity index (χ4n) is 1.26. The zero-order valence-electron chi connectivity index (χ0n) is 9.48. The smallest absolute Gasteiger partial charge is 0.294 e. The average molecular weight is 298 g/mol. The maximum atomic E-state index is 13.3. The zero-order valence-corrected chi connectivity index (χ0v) is 10.3. The van der Waals surface area contributed by atoms with Gasteiger partial charge in [0.15, 0.2) is 5.78 Å². The molecular weight excluding hydrogens is 291 g/mol. The molecule has 2 nitrogen and oxygen atoms in total. The molecule has 1 aromatic carbocycles. The molecule has 0 N–H and O–H groups in total. The van der Waals surface area contributed by atoms with Crippen LogP contribution in [0, 0.1) is 11.6 Å². The van der Waals surface area contributed by atoms with Crippen molar-refractivity contribution in [2.24, 2.45) is 0 Å². The second-order valence-corrected chi connectivity index (χ2v) is 4.31. The second kappa shape index (κ2) is 5.68. The molecule has 0 saturated carbocycles. The first-order valence-corrected chi connectivity index (χ1v) is 6.05. The Morgan fingerprint density at radius 1 is 1.16 bits per heavy atom. The zero-order chi connectivity index (χ0) is 14.8. The van der Waals surface area contributed by atoms with Crippen LogP contribution in [0.4, 0.5) is 22.0 Å². The fourth-order valence-corrected chi connectivity index (χ4v) is 1.77. The molecule has 0 bridgehead atoms. The number of benzene rings is 1. The van der Waals surface area contributed by atoms with Crippen molar-refractivity contribution in [1.82, 2.24) is 0 Å². The Balaban J connectivity index is 2.99. The molecule has 104 valence electrons. The van der Waals surface area contributed by atoms with Gasteiger partial charge in [0, 0.05) is 5.56 Å². The molecule has 0 amide bonds. The van der Waals surface area contributed by atoms with Gasteiger partial charge in [-0.15, -0.1) is 11.8 Å². The highest BCUT2D eigenvalue weighted by molar-refractivity contribution is 7.98. The molecule has 0 aromatic heterocycles. The van der Waals surface area contributed by atoms with E-state index in [9.17, 15) is 31.5 Å². The number of hydrogen-bond acceptors (Lipinski definition) is 3. The molecule has 0 radical (unpaired) electrons. The maximum Gasteiger partial charge on any atom is 0.450 e. The third-order valence-electron chi connectivity index (χ3n) is 2.16.